The van der Waals surface area contributed by atoms with Crippen LogP contribution in [0.2, 0.25) is 0 Å². The second-order valence-corrected chi connectivity index (χ2v) is 3.66. The Morgan fingerprint density at radius 1 is 1.53 bits per heavy atom. The first-order valence-corrected chi connectivity index (χ1v) is 4.78. The highest BCUT2D eigenvalue weighted by molar-refractivity contribution is 5.88. The maximum absolute atomic E-state index is 10.8. The van der Waals surface area contributed by atoms with Gasteiger partial charge in [-0.2, -0.15) is 0 Å². The smallest absolute Gasteiger partial charge is 0.335 e. The number of aliphatic hydroxyl groups is 1. The van der Waals surface area contributed by atoms with Crippen molar-refractivity contribution in [3.05, 3.63) is 28.8 Å². The molecule has 1 unspecified atom stereocenters. The van der Waals surface area contributed by atoms with Crippen molar-refractivity contribution in [2.45, 2.75) is 19.4 Å². The summed E-state index contributed by atoms with van der Waals surface area (Å²) in [5, 5.41) is 18.6. The van der Waals surface area contributed by atoms with Gasteiger partial charge in [0.1, 0.15) is 5.75 Å². The van der Waals surface area contributed by atoms with Crippen LogP contribution in [0, 0.1) is 6.92 Å². The van der Waals surface area contributed by atoms with Crippen molar-refractivity contribution in [3.8, 4) is 5.75 Å². The van der Waals surface area contributed by atoms with Crippen molar-refractivity contribution < 1.29 is 19.7 Å². The quantitative estimate of drug-likeness (QED) is 0.734. The third-order valence-electron chi connectivity index (χ3n) is 2.58. The van der Waals surface area contributed by atoms with Crippen LogP contribution in [-0.2, 0) is 0 Å². The summed E-state index contributed by atoms with van der Waals surface area (Å²) >= 11 is 0. The first kappa shape index (κ1) is 9.98. The van der Waals surface area contributed by atoms with Gasteiger partial charge in [0.05, 0.1) is 18.3 Å². The molecule has 1 aliphatic rings. The van der Waals surface area contributed by atoms with E-state index in [9.17, 15) is 9.90 Å². The number of rotatable bonds is 1. The molecule has 0 saturated heterocycles. The number of carbonyl (C=O) groups is 1. The molecule has 2 N–H and O–H groups in total. The van der Waals surface area contributed by atoms with Crippen LogP contribution in [0.15, 0.2) is 12.1 Å². The highest BCUT2D eigenvalue weighted by Gasteiger charge is 2.23. The van der Waals surface area contributed by atoms with Crippen molar-refractivity contribution in [1.29, 1.82) is 0 Å². The van der Waals surface area contributed by atoms with Gasteiger partial charge in [0, 0.05) is 12.0 Å². The van der Waals surface area contributed by atoms with Crippen molar-refractivity contribution in [2.75, 3.05) is 6.61 Å². The van der Waals surface area contributed by atoms with Crippen molar-refractivity contribution in [2.24, 2.45) is 0 Å². The van der Waals surface area contributed by atoms with Crippen LogP contribution in [0.4, 0.5) is 0 Å². The maximum atomic E-state index is 10.8. The molecule has 0 radical (unpaired) electrons. The molecule has 1 heterocycles. The van der Waals surface area contributed by atoms with Gasteiger partial charge in [-0.25, -0.2) is 4.79 Å². The zero-order valence-electron chi connectivity index (χ0n) is 8.36. The fraction of sp³-hybridized carbons (Fsp3) is 0.364. The number of carboxylic acid groups (broad SMARTS) is 1. The summed E-state index contributed by atoms with van der Waals surface area (Å²) < 4.78 is 5.34. The van der Waals surface area contributed by atoms with Crippen LogP contribution >= 0.6 is 0 Å². The molecular weight excluding hydrogens is 196 g/mol. The number of aliphatic hydroxyl groups excluding tert-OH is 1. The van der Waals surface area contributed by atoms with Crippen LogP contribution < -0.4 is 4.74 Å². The molecular formula is C11H12O4. The number of ether oxygens (including phenoxy) is 1. The molecule has 4 nitrogen and oxygen atoms in total. The molecule has 15 heavy (non-hydrogen) atoms. The summed E-state index contributed by atoms with van der Waals surface area (Å²) in [5.74, 6) is -0.490. The van der Waals surface area contributed by atoms with Crippen LogP contribution in [0.1, 0.15) is 34.0 Å². The third kappa shape index (κ3) is 1.68. The number of fused-ring (bicyclic) bond motifs is 1. The second-order valence-electron chi connectivity index (χ2n) is 3.66. The van der Waals surface area contributed by atoms with Gasteiger partial charge in [-0.05, 0) is 24.6 Å². The van der Waals surface area contributed by atoms with Gasteiger partial charge in [-0.3, -0.25) is 0 Å². The number of carboxylic acids is 1. The summed E-state index contributed by atoms with van der Waals surface area (Å²) in [6.45, 7) is 2.21. The molecule has 80 valence electrons. The average Bonchev–Trinajstić information content (AvgIpc) is 2.17. The van der Waals surface area contributed by atoms with Gasteiger partial charge in [0.15, 0.2) is 0 Å². The van der Waals surface area contributed by atoms with Gasteiger partial charge in [-0.15, -0.1) is 0 Å². The normalized spacial score (nSPS) is 19.2. The first-order valence-electron chi connectivity index (χ1n) is 4.78. The van der Waals surface area contributed by atoms with Crippen LogP contribution in [0.3, 0.4) is 0 Å². The predicted molar refractivity (Wildman–Crippen MR) is 53.2 cm³/mol. The van der Waals surface area contributed by atoms with Crippen LogP contribution in [0.5, 0.6) is 5.75 Å². The van der Waals surface area contributed by atoms with Crippen LogP contribution in [0.25, 0.3) is 0 Å². The van der Waals surface area contributed by atoms with E-state index in [2.05, 4.69) is 0 Å². The molecule has 1 atom stereocenters. The summed E-state index contributed by atoms with van der Waals surface area (Å²) in [6, 6.07) is 3.02. The van der Waals surface area contributed by atoms with Gasteiger partial charge >= 0.3 is 5.97 Å². The second kappa shape index (κ2) is 3.55. The van der Waals surface area contributed by atoms with E-state index in [1.807, 2.05) is 0 Å². The molecule has 0 aromatic heterocycles. The lowest BCUT2D eigenvalue weighted by molar-refractivity contribution is 0.0694. The Labute approximate surface area is 87.1 Å². The molecule has 1 aromatic carbocycles. The Bertz CT molecular complexity index is 411. The Hall–Kier alpha value is -1.55. The predicted octanol–water partition coefficient (Wildman–Crippen LogP) is 1.51. The Morgan fingerprint density at radius 3 is 2.93 bits per heavy atom. The molecule has 2 rings (SSSR count). The first-order chi connectivity index (χ1) is 7.09. The monoisotopic (exact) mass is 208 g/mol. The highest BCUT2D eigenvalue weighted by Crippen LogP contribution is 2.35. The number of hydrogen-bond acceptors (Lipinski definition) is 3. The Morgan fingerprint density at radius 2 is 2.27 bits per heavy atom. The maximum Gasteiger partial charge on any atom is 0.335 e. The largest absolute Gasteiger partial charge is 0.493 e. The number of benzene rings is 1. The Kier molecular flexibility index (Phi) is 2.36. The number of aryl methyl sites for hydroxylation is 1. The topological polar surface area (TPSA) is 66.8 Å². The number of hydrogen-bond donors (Lipinski definition) is 2. The van der Waals surface area contributed by atoms with E-state index < -0.39 is 12.1 Å². The van der Waals surface area contributed by atoms with E-state index >= 15 is 0 Å². The van der Waals surface area contributed by atoms with Gasteiger partial charge in [-0.1, -0.05) is 0 Å². The van der Waals surface area contributed by atoms with E-state index in [4.69, 9.17) is 9.84 Å². The third-order valence-corrected chi connectivity index (χ3v) is 2.58. The van der Waals surface area contributed by atoms with Gasteiger partial charge in [0.25, 0.3) is 0 Å². The van der Waals surface area contributed by atoms with E-state index in [0.29, 0.717) is 24.3 Å². The lowest BCUT2D eigenvalue weighted by atomic mass is 9.96. The molecule has 0 aliphatic carbocycles. The zero-order chi connectivity index (χ0) is 11.0. The minimum absolute atomic E-state index is 0.195. The lowest BCUT2D eigenvalue weighted by Crippen LogP contribution is -2.16. The van der Waals surface area contributed by atoms with Gasteiger partial charge in [0.2, 0.25) is 0 Å². The molecule has 0 spiro atoms. The lowest BCUT2D eigenvalue weighted by Gasteiger charge is -2.24. The molecule has 1 aromatic rings. The van der Waals surface area contributed by atoms with Crippen molar-refractivity contribution in [1.82, 2.24) is 0 Å². The summed E-state index contributed by atoms with van der Waals surface area (Å²) in [5.41, 5.74) is 1.67. The summed E-state index contributed by atoms with van der Waals surface area (Å²) in [4.78, 5) is 10.8. The van der Waals surface area contributed by atoms with Gasteiger partial charge < -0.3 is 14.9 Å². The Balaban J connectivity index is 2.55. The fourth-order valence-electron chi connectivity index (χ4n) is 1.86. The highest BCUT2D eigenvalue weighted by atomic mass is 16.5. The van der Waals surface area contributed by atoms with E-state index in [1.165, 1.54) is 6.07 Å². The molecule has 0 saturated carbocycles. The van der Waals surface area contributed by atoms with E-state index in [-0.39, 0.29) is 5.56 Å². The molecule has 0 fully saturated rings. The fourth-order valence-corrected chi connectivity index (χ4v) is 1.86. The minimum atomic E-state index is -0.982. The SMILES string of the molecule is Cc1cc(C(=O)O)cc2c1C(O)CCO2. The van der Waals surface area contributed by atoms with E-state index in [0.717, 1.165) is 5.56 Å². The van der Waals surface area contributed by atoms with Crippen molar-refractivity contribution >= 4 is 5.97 Å². The summed E-state index contributed by atoms with van der Waals surface area (Å²) in [6.07, 6.45) is 0.0110. The number of aromatic carboxylic acids is 1. The molecule has 0 amide bonds. The molecule has 0 bridgehead atoms. The van der Waals surface area contributed by atoms with Crippen LogP contribution in [-0.4, -0.2) is 22.8 Å². The minimum Gasteiger partial charge on any atom is -0.493 e. The molecule has 4 heteroatoms. The standard InChI is InChI=1S/C11H12O4/c1-6-4-7(11(13)14)5-9-10(6)8(12)2-3-15-9/h4-5,8,12H,2-3H2,1H3,(H,13,14). The molecule has 1 aliphatic heterocycles. The summed E-state index contributed by atoms with van der Waals surface area (Å²) in [7, 11) is 0. The van der Waals surface area contributed by atoms with Crippen molar-refractivity contribution in [3.63, 3.8) is 0 Å². The van der Waals surface area contributed by atoms with E-state index in [1.54, 1.807) is 13.0 Å². The average molecular weight is 208 g/mol. The zero-order valence-corrected chi connectivity index (χ0v) is 8.36.